The number of alkyl halides is 1. The van der Waals surface area contributed by atoms with Crippen LogP contribution in [-0.2, 0) is 9.53 Å². The molecule has 1 aromatic heterocycles. The summed E-state index contributed by atoms with van der Waals surface area (Å²) in [5.74, 6) is -1.25. The second-order valence-electron chi connectivity index (χ2n) is 4.61. The molecule has 4 atom stereocenters. The molecular formula is C12H13BrN2O7. The molecule has 1 fully saturated rings. The van der Waals surface area contributed by atoms with Gasteiger partial charge in [-0.25, -0.2) is 9.59 Å². The van der Waals surface area contributed by atoms with Crippen molar-refractivity contribution in [1.29, 1.82) is 0 Å². The van der Waals surface area contributed by atoms with Crippen LogP contribution in [0.3, 0.4) is 0 Å². The zero-order chi connectivity index (χ0) is 16.4. The zero-order valence-electron chi connectivity index (χ0n) is 11.0. The van der Waals surface area contributed by atoms with Gasteiger partial charge >= 0.3 is 11.7 Å². The van der Waals surface area contributed by atoms with Crippen molar-refractivity contribution in [3.63, 3.8) is 0 Å². The molecule has 0 aliphatic carbocycles. The van der Waals surface area contributed by atoms with Crippen molar-refractivity contribution < 1.29 is 24.9 Å². The van der Waals surface area contributed by atoms with Gasteiger partial charge in [0.05, 0.1) is 23.1 Å². The predicted molar refractivity (Wildman–Crippen MR) is 77.7 cm³/mol. The minimum Gasteiger partial charge on any atom is -0.478 e. The highest BCUT2D eigenvalue weighted by molar-refractivity contribution is 9.09. The molecule has 0 radical (unpaired) electrons. The first-order valence-electron chi connectivity index (χ1n) is 6.20. The van der Waals surface area contributed by atoms with Gasteiger partial charge in [0.1, 0.15) is 6.10 Å². The first kappa shape index (κ1) is 16.6. The van der Waals surface area contributed by atoms with E-state index in [-0.39, 0.29) is 12.2 Å². The largest absolute Gasteiger partial charge is 0.478 e. The third-order valence-electron chi connectivity index (χ3n) is 3.14. The first-order chi connectivity index (χ1) is 10.3. The van der Waals surface area contributed by atoms with Crippen LogP contribution >= 0.6 is 15.9 Å². The smallest absolute Gasteiger partial charge is 0.330 e. The van der Waals surface area contributed by atoms with E-state index in [2.05, 4.69) is 15.9 Å². The highest BCUT2D eigenvalue weighted by Gasteiger charge is 2.43. The van der Waals surface area contributed by atoms with Gasteiger partial charge in [-0.05, 0) is 6.08 Å². The topological polar surface area (TPSA) is 142 Å². The monoisotopic (exact) mass is 376 g/mol. The quantitative estimate of drug-likeness (QED) is 0.375. The Morgan fingerprint density at radius 2 is 2.18 bits per heavy atom. The Balaban J connectivity index is 2.44. The Morgan fingerprint density at radius 3 is 2.73 bits per heavy atom. The van der Waals surface area contributed by atoms with Crippen LogP contribution in [-0.4, -0.2) is 54.5 Å². The number of carboxylic acids is 1. The molecule has 2 rings (SSSR count). The lowest BCUT2D eigenvalue weighted by Crippen LogP contribution is -2.37. The molecule has 2 heterocycles. The third-order valence-corrected chi connectivity index (χ3v) is 4.27. The number of rotatable bonds is 4. The lowest BCUT2D eigenvalue weighted by atomic mass is 10.2. The van der Waals surface area contributed by atoms with Crippen LogP contribution < -0.4 is 11.2 Å². The molecule has 120 valence electrons. The molecule has 0 saturated carbocycles. The number of carboxylic acid groups (broad SMARTS) is 1. The van der Waals surface area contributed by atoms with Gasteiger partial charge in [-0.1, -0.05) is 15.9 Å². The molecule has 1 aliphatic rings. The normalized spacial score (nSPS) is 28.3. The van der Waals surface area contributed by atoms with E-state index in [1.54, 1.807) is 0 Å². The number of aromatic nitrogens is 2. The minimum atomic E-state index is -1.25. The van der Waals surface area contributed by atoms with Crippen molar-refractivity contribution in [1.82, 2.24) is 9.55 Å². The van der Waals surface area contributed by atoms with Crippen LogP contribution in [0, 0.1) is 0 Å². The summed E-state index contributed by atoms with van der Waals surface area (Å²) in [6.45, 7) is -0.368. The Hall–Kier alpha value is -1.75. The molecule has 10 heteroatoms. The molecule has 0 spiro atoms. The molecule has 4 N–H and O–H groups in total. The van der Waals surface area contributed by atoms with Crippen LogP contribution in [0.5, 0.6) is 0 Å². The molecule has 9 nitrogen and oxygen atoms in total. The molecule has 0 amide bonds. The average molecular weight is 377 g/mol. The van der Waals surface area contributed by atoms with Gasteiger partial charge in [0.25, 0.3) is 5.56 Å². The molecule has 1 aromatic rings. The lowest BCUT2D eigenvalue weighted by molar-refractivity contribution is -0.131. The maximum absolute atomic E-state index is 11.9. The number of ether oxygens (including phenoxy) is 1. The summed E-state index contributed by atoms with van der Waals surface area (Å²) < 4.78 is 6.32. The Morgan fingerprint density at radius 1 is 1.50 bits per heavy atom. The molecular weight excluding hydrogens is 364 g/mol. The number of aliphatic carboxylic acids is 1. The standard InChI is InChI=1S/C12H13BrN2O7/c13-8-6(4-16)22-11(9(8)19)15-3-5(1-2-7(17)18)10(20)14-12(15)21/h1-3,6,8-9,11,16,19H,4H2,(H,17,18)(H,14,20,21)/b2-1+/t6-,8+,9-,11-/m1/s1. The Bertz CT molecular complexity index is 710. The molecule has 1 saturated heterocycles. The minimum absolute atomic E-state index is 0.0867. The van der Waals surface area contributed by atoms with Crippen LogP contribution in [0.4, 0.5) is 0 Å². The lowest BCUT2D eigenvalue weighted by Gasteiger charge is -2.17. The van der Waals surface area contributed by atoms with E-state index in [9.17, 15) is 19.5 Å². The van der Waals surface area contributed by atoms with Crippen molar-refractivity contribution in [2.24, 2.45) is 0 Å². The average Bonchev–Trinajstić information content (AvgIpc) is 2.74. The number of halogens is 1. The van der Waals surface area contributed by atoms with Gasteiger partial charge in [0, 0.05) is 12.3 Å². The molecule has 1 aliphatic heterocycles. The number of carbonyl (C=O) groups is 1. The second-order valence-corrected chi connectivity index (χ2v) is 5.66. The number of hydrogen-bond acceptors (Lipinski definition) is 6. The SMILES string of the molecule is O=C(O)/C=C/c1cn([C@@H]2O[C@H](CO)[C@H](Br)[C@H]2O)c(=O)[nH]c1=O. The maximum Gasteiger partial charge on any atom is 0.330 e. The van der Waals surface area contributed by atoms with Crippen LogP contribution in [0.15, 0.2) is 21.9 Å². The van der Waals surface area contributed by atoms with Crippen molar-refractivity contribution in [2.45, 2.75) is 23.3 Å². The van der Waals surface area contributed by atoms with Gasteiger partial charge in [-0.2, -0.15) is 0 Å². The van der Waals surface area contributed by atoms with E-state index in [0.717, 1.165) is 22.9 Å². The fourth-order valence-electron chi connectivity index (χ4n) is 2.06. The van der Waals surface area contributed by atoms with Gasteiger partial charge in [-0.15, -0.1) is 0 Å². The van der Waals surface area contributed by atoms with Crippen molar-refractivity contribution >= 4 is 28.0 Å². The third kappa shape index (κ3) is 3.19. The van der Waals surface area contributed by atoms with Crippen LogP contribution in [0.2, 0.25) is 0 Å². The van der Waals surface area contributed by atoms with Crippen LogP contribution in [0.25, 0.3) is 6.08 Å². The van der Waals surface area contributed by atoms with Gasteiger partial charge in [0.15, 0.2) is 6.23 Å². The first-order valence-corrected chi connectivity index (χ1v) is 7.11. The van der Waals surface area contributed by atoms with Crippen LogP contribution in [0.1, 0.15) is 11.8 Å². The number of hydrogen-bond donors (Lipinski definition) is 4. The van der Waals surface area contributed by atoms with E-state index >= 15 is 0 Å². The van der Waals surface area contributed by atoms with E-state index in [1.165, 1.54) is 0 Å². The second kappa shape index (κ2) is 6.57. The Labute approximate surface area is 131 Å². The number of aliphatic hydroxyl groups is 2. The molecule has 0 aromatic carbocycles. The number of aliphatic hydroxyl groups excluding tert-OH is 2. The molecule has 0 unspecified atom stereocenters. The molecule has 0 bridgehead atoms. The van der Waals surface area contributed by atoms with Crippen molar-refractivity contribution in [2.75, 3.05) is 6.61 Å². The van der Waals surface area contributed by atoms with Crippen molar-refractivity contribution in [3.05, 3.63) is 38.7 Å². The summed E-state index contributed by atoms with van der Waals surface area (Å²) in [7, 11) is 0. The summed E-state index contributed by atoms with van der Waals surface area (Å²) in [4.78, 5) is 35.4. The maximum atomic E-state index is 11.9. The Kier molecular flexibility index (Phi) is 4.96. The predicted octanol–water partition coefficient (Wildman–Crippen LogP) is -1.35. The summed E-state index contributed by atoms with van der Waals surface area (Å²) >= 11 is 3.16. The number of aromatic amines is 1. The summed E-state index contributed by atoms with van der Waals surface area (Å²) in [6, 6.07) is 0. The van der Waals surface area contributed by atoms with E-state index < -0.39 is 40.5 Å². The summed E-state index contributed by atoms with van der Waals surface area (Å²) in [5, 5.41) is 27.8. The number of nitrogens with zero attached hydrogens (tertiary/aromatic N) is 1. The van der Waals surface area contributed by atoms with Gasteiger partial charge in [-0.3, -0.25) is 14.3 Å². The van der Waals surface area contributed by atoms with E-state index in [0.29, 0.717) is 0 Å². The van der Waals surface area contributed by atoms with E-state index in [1.807, 2.05) is 4.98 Å². The highest BCUT2D eigenvalue weighted by atomic mass is 79.9. The van der Waals surface area contributed by atoms with E-state index in [4.69, 9.17) is 14.9 Å². The van der Waals surface area contributed by atoms with Crippen molar-refractivity contribution in [3.8, 4) is 0 Å². The molecule has 22 heavy (non-hydrogen) atoms. The number of H-pyrrole nitrogens is 1. The number of nitrogens with one attached hydrogen (secondary N) is 1. The summed E-state index contributed by atoms with van der Waals surface area (Å²) in [5.41, 5.74) is -1.67. The highest BCUT2D eigenvalue weighted by Crippen LogP contribution is 2.32. The zero-order valence-corrected chi connectivity index (χ0v) is 12.6. The fraction of sp³-hybridized carbons (Fsp3) is 0.417. The van der Waals surface area contributed by atoms with Gasteiger partial charge < -0.3 is 20.1 Å². The van der Waals surface area contributed by atoms with Gasteiger partial charge in [0.2, 0.25) is 0 Å². The fourth-order valence-corrected chi connectivity index (χ4v) is 2.61. The summed E-state index contributed by atoms with van der Waals surface area (Å²) in [6.07, 6.45) is -0.131.